The molecule has 0 fully saturated rings. The quantitative estimate of drug-likeness (QED) is 0.655. The lowest BCUT2D eigenvalue weighted by Crippen LogP contribution is -2.22. The Bertz CT molecular complexity index is 192. The molecule has 0 aromatic heterocycles. The molecule has 0 spiro atoms. The maximum absolute atomic E-state index is 11.0. The normalized spacial score (nSPS) is 17.8. The molecule has 0 bridgehead atoms. The summed E-state index contributed by atoms with van der Waals surface area (Å²) >= 11 is 0. The van der Waals surface area contributed by atoms with E-state index >= 15 is 0 Å². The zero-order valence-electron chi connectivity index (χ0n) is 9.53. The molecule has 0 aliphatic carbocycles. The number of nitrogens with two attached hydrogens (primary N) is 1. The van der Waals surface area contributed by atoms with Gasteiger partial charge in [0.2, 0.25) is 0 Å². The van der Waals surface area contributed by atoms with Gasteiger partial charge < -0.3 is 0 Å². The Hall–Kier alpha value is -0.150. The van der Waals surface area contributed by atoms with Crippen molar-refractivity contribution in [1.82, 2.24) is 0 Å². The van der Waals surface area contributed by atoms with E-state index in [-0.39, 0.29) is 5.25 Å². The lowest BCUT2D eigenvalue weighted by molar-refractivity contribution is 0.388. The van der Waals surface area contributed by atoms with Crippen molar-refractivity contribution in [2.24, 2.45) is 17.0 Å². The first kappa shape index (κ1) is 13.8. The van der Waals surface area contributed by atoms with Gasteiger partial charge in [0.25, 0.3) is 0 Å². The van der Waals surface area contributed by atoms with Crippen molar-refractivity contribution in [3.05, 3.63) is 12.7 Å². The van der Waals surface area contributed by atoms with Gasteiger partial charge >= 0.3 is 0 Å². The van der Waals surface area contributed by atoms with Crippen molar-refractivity contribution in [2.75, 3.05) is 0 Å². The zero-order valence-corrected chi connectivity index (χ0v) is 10.3. The van der Waals surface area contributed by atoms with Crippen LogP contribution in [0.5, 0.6) is 0 Å². The highest BCUT2D eigenvalue weighted by Crippen LogP contribution is 2.22. The van der Waals surface area contributed by atoms with Crippen LogP contribution in [0.3, 0.4) is 0 Å². The Balaban J connectivity index is 4.07. The van der Waals surface area contributed by atoms with Crippen molar-refractivity contribution in [1.29, 1.82) is 0 Å². The van der Waals surface area contributed by atoms with Crippen molar-refractivity contribution in [3.63, 3.8) is 0 Å². The van der Waals surface area contributed by atoms with Gasteiger partial charge in [0, 0.05) is 5.25 Å². The molecule has 0 aromatic carbocycles. The van der Waals surface area contributed by atoms with Gasteiger partial charge in [-0.25, -0.2) is 4.21 Å². The monoisotopic (exact) mass is 217 g/mol. The molecule has 0 amide bonds. The number of rotatable bonds is 7. The summed E-state index contributed by atoms with van der Waals surface area (Å²) in [7, 11) is -1.18. The Morgan fingerprint density at radius 1 is 1.36 bits per heavy atom. The molecule has 0 aliphatic heterocycles. The second kappa shape index (κ2) is 7.18. The first-order valence-corrected chi connectivity index (χ1v) is 6.50. The molecule has 3 atom stereocenters. The number of allylic oxidation sites excluding steroid dienone is 1. The lowest BCUT2D eigenvalue weighted by atomic mass is 9.90. The van der Waals surface area contributed by atoms with E-state index < -0.39 is 11.0 Å². The van der Waals surface area contributed by atoms with Crippen molar-refractivity contribution in [2.45, 2.75) is 45.3 Å². The summed E-state index contributed by atoms with van der Waals surface area (Å²) in [5.74, 6) is 1.26. The van der Waals surface area contributed by atoms with Gasteiger partial charge in [0.15, 0.2) is 0 Å². The summed E-state index contributed by atoms with van der Waals surface area (Å²) in [6, 6.07) is 0. The van der Waals surface area contributed by atoms with E-state index in [1.807, 2.05) is 13.0 Å². The summed E-state index contributed by atoms with van der Waals surface area (Å²) < 4.78 is 11.0. The second-order valence-corrected chi connectivity index (χ2v) is 5.86. The third-order valence-electron chi connectivity index (χ3n) is 2.37. The van der Waals surface area contributed by atoms with E-state index in [2.05, 4.69) is 20.4 Å². The van der Waals surface area contributed by atoms with Crippen molar-refractivity contribution in [3.8, 4) is 0 Å². The third-order valence-corrected chi connectivity index (χ3v) is 3.35. The topological polar surface area (TPSA) is 43.1 Å². The van der Waals surface area contributed by atoms with Crippen LogP contribution >= 0.6 is 0 Å². The van der Waals surface area contributed by atoms with Crippen LogP contribution < -0.4 is 5.14 Å². The Labute approximate surface area is 90.5 Å². The largest absolute Gasteiger partial charge is 0.252 e. The van der Waals surface area contributed by atoms with E-state index in [4.69, 9.17) is 5.14 Å². The van der Waals surface area contributed by atoms with Gasteiger partial charge in [-0.05, 0) is 38.0 Å². The first-order valence-electron chi connectivity index (χ1n) is 5.23. The molecular formula is C11H23NOS. The molecule has 0 heterocycles. The van der Waals surface area contributed by atoms with Crippen LogP contribution in [0.2, 0.25) is 0 Å². The van der Waals surface area contributed by atoms with E-state index in [1.54, 1.807) is 0 Å². The smallest absolute Gasteiger partial charge is 0.0916 e. The molecule has 2 N–H and O–H groups in total. The second-order valence-electron chi connectivity index (χ2n) is 4.39. The summed E-state index contributed by atoms with van der Waals surface area (Å²) in [6.45, 7) is 10.1. The molecule has 0 aliphatic rings. The SMILES string of the molecule is C=CC[C@@H](CC(C)C)CC(C)S(N)=O. The van der Waals surface area contributed by atoms with E-state index in [1.165, 1.54) is 0 Å². The maximum atomic E-state index is 11.0. The molecule has 0 radical (unpaired) electrons. The fourth-order valence-electron chi connectivity index (χ4n) is 1.76. The van der Waals surface area contributed by atoms with Crippen LogP contribution in [0, 0.1) is 11.8 Å². The molecule has 84 valence electrons. The standard InChI is InChI=1S/C11H23NOS/c1-5-6-11(7-9(2)3)8-10(4)14(12)13/h5,9-11H,1,6-8,12H2,2-4H3/t10?,11-,14?/m0/s1. The predicted molar refractivity (Wildman–Crippen MR) is 64.2 cm³/mol. The third kappa shape index (κ3) is 6.33. The van der Waals surface area contributed by atoms with E-state index in [0.717, 1.165) is 19.3 Å². The summed E-state index contributed by atoms with van der Waals surface area (Å²) in [5, 5.41) is 5.45. The predicted octanol–water partition coefficient (Wildman–Crippen LogP) is 2.63. The lowest BCUT2D eigenvalue weighted by Gasteiger charge is -2.19. The van der Waals surface area contributed by atoms with Crippen LogP contribution in [0.15, 0.2) is 12.7 Å². The maximum Gasteiger partial charge on any atom is 0.0916 e. The Morgan fingerprint density at radius 2 is 1.93 bits per heavy atom. The first-order chi connectivity index (χ1) is 6.47. The summed E-state index contributed by atoms with van der Waals surface area (Å²) in [6.07, 6.45) is 5.04. The highest BCUT2D eigenvalue weighted by atomic mass is 32.2. The fraction of sp³-hybridized carbons (Fsp3) is 0.818. The molecule has 2 nitrogen and oxygen atoms in total. The van der Waals surface area contributed by atoms with Gasteiger partial charge in [-0.2, -0.15) is 0 Å². The van der Waals surface area contributed by atoms with Crippen LogP contribution in [-0.4, -0.2) is 9.46 Å². The summed E-state index contributed by atoms with van der Waals surface area (Å²) in [4.78, 5) is 0. The van der Waals surface area contributed by atoms with Crippen LogP contribution in [0.25, 0.3) is 0 Å². The Morgan fingerprint density at radius 3 is 2.29 bits per heavy atom. The highest BCUT2D eigenvalue weighted by Gasteiger charge is 2.16. The minimum absolute atomic E-state index is 0.0960. The zero-order chi connectivity index (χ0) is 11.1. The fourth-order valence-corrected chi connectivity index (χ4v) is 2.22. The van der Waals surface area contributed by atoms with Gasteiger partial charge in [-0.15, -0.1) is 6.58 Å². The minimum Gasteiger partial charge on any atom is -0.252 e. The number of hydrogen-bond donors (Lipinski definition) is 1. The van der Waals surface area contributed by atoms with Crippen LogP contribution in [0.4, 0.5) is 0 Å². The van der Waals surface area contributed by atoms with Crippen LogP contribution in [-0.2, 0) is 11.0 Å². The summed E-state index contributed by atoms with van der Waals surface area (Å²) in [5.41, 5.74) is 0. The van der Waals surface area contributed by atoms with Gasteiger partial charge in [0.05, 0.1) is 11.0 Å². The molecule has 2 unspecified atom stereocenters. The molecule has 0 aromatic rings. The molecule has 14 heavy (non-hydrogen) atoms. The average Bonchev–Trinajstić information content (AvgIpc) is 2.02. The number of hydrogen-bond acceptors (Lipinski definition) is 1. The van der Waals surface area contributed by atoms with Crippen molar-refractivity contribution < 1.29 is 4.21 Å². The average molecular weight is 217 g/mol. The van der Waals surface area contributed by atoms with E-state index in [9.17, 15) is 4.21 Å². The minimum atomic E-state index is -1.18. The van der Waals surface area contributed by atoms with Gasteiger partial charge in [-0.3, -0.25) is 5.14 Å². The molecule has 0 saturated heterocycles. The molecule has 3 heteroatoms. The highest BCUT2D eigenvalue weighted by molar-refractivity contribution is 7.83. The van der Waals surface area contributed by atoms with E-state index in [0.29, 0.717) is 11.8 Å². The molecule has 0 rings (SSSR count). The molecule has 0 saturated carbocycles. The van der Waals surface area contributed by atoms with Crippen LogP contribution in [0.1, 0.15) is 40.0 Å². The van der Waals surface area contributed by atoms with Gasteiger partial charge in [-0.1, -0.05) is 19.9 Å². The molecular weight excluding hydrogens is 194 g/mol. The van der Waals surface area contributed by atoms with Crippen molar-refractivity contribution >= 4 is 11.0 Å². The Kier molecular flexibility index (Phi) is 7.11. The van der Waals surface area contributed by atoms with Gasteiger partial charge in [0.1, 0.15) is 0 Å².